The maximum absolute atomic E-state index is 14.2. The second-order valence-corrected chi connectivity index (χ2v) is 23.2. The summed E-state index contributed by atoms with van der Waals surface area (Å²) < 4.78 is 0. The molecule has 0 aliphatic carbocycles. The zero-order valence-electron chi connectivity index (χ0n) is 45.2. The van der Waals surface area contributed by atoms with Gasteiger partial charge in [0.15, 0.2) is 0 Å². The van der Waals surface area contributed by atoms with E-state index in [9.17, 15) is 28.8 Å². The van der Waals surface area contributed by atoms with Crippen LogP contribution in [0.3, 0.4) is 0 Å². The van der Waals surface area contributed by atoms with Crippen LogP contribution in [0.5, 0.6) is 0 Å². The van der Waals surface area contributed by atoms with E-state index < -0.39 is 35.0 Å². The Morgan fingerprint density at radius 1 is 0.569 bits per heavy atom. The van der Waals surface area contributed by atoms with Gasteiger partial charge in [-0.3, -0.25) is 28.8 Å². The molecule has 2 fully saturated rings. The normalized spacial score (nSPS) is 17.8. The van der Waals surface area contributed by atoms with Gasteiger partial charge in [0.25, 0.3) is 0 Å². The van der Waals surface area contributed by atoms with Crippen LogP contribution in [0.4, 0.5) is 0 Å². The standard InChI is InChI=1S/C56H88Cl2N8O6/c1-39(59-9)51(69)61-49(55(3,4)5)53(71)65-33-17-19-45(65)37-63(35-31-41-23-27-43(57)28-24-41)47(67)21-15-13-11-12-14-16-22-48(68)64(36-32-42-25-29-44(58)30-26-42)38-46-20-18-34-66(46)54(72)50(56(6,7)8)62-52(70)40(2)60-10/h23-30,39-40,45-46,49-50,59-60H,11-22,31-38H2,1-10H3,(H,61,69)(H,62,70)/t39-,40-,45-,46-,49+,50+/m0/s1. The van der Waals surface area contributed by atoms with Crippen LogP contribution in [-0.4, -0.2) is 145 Å². The van der Waals surface area contributed by atoms with E-state index in [0.29, 0.717) is 75.0 Å². The second-order valence-electron chi connectivity index (χ2n) is 22.3. The maximum atomic E-state index is 14.2. The topological polar surface area (TPSA) is 163 Å². The van der Waals surface area contributed by atoms with E-state index in [1.165, 1.54) is 0 Å². The van der Waals surface area contributed by atoms with Gasteiger partial charge in [-0.1, -0.05) is 115 Å². The molecule has 14 nitrogen and oxygen atoms in total. The van der Waals surface area contributed by atoms with Crippen LogP contribution in [0.1, 0.15) is 144 Å². The Hall–Kier alpha value is -4.24. The molecule has 6 atom stereocenters. The molecule has 0 saturated carbocycles. The van der Waals surface area contributed by atoms with Crippen LogP contribution in [0, 0.1) is 10.8 Å². The van der Waals surface area contributed by atoms with Crippen molar-refractivity contribution in [1.29, 1.82) is 0 Å². The monoisotopic (exact) mass is 1040 g/mol. The number of amides is 6. The van der Waals surface area contributed by atoms with Gasteiger partial charge in [0, 0.05) is 74.2 Å². The highest BCUT2D eigenvalue weighted by atomic mass is 35.5. The van der Waals surface area contributed by atoms with Crippen LogP contribution < -0.4 is 21.3 Å². The first kappa shape index (κ1) is 60.3. The third-order valence-corrected chi connectivity index (χ3v) is 15.0. The molecule has 4 rings (SSSR count). The fraction of sp³-hybridized carbons (Fsp3) is 0.679. The van der Waals surface area contributed by atoms with Gasteiger partial charge in [-0.25, -0.2) is 0 Å². The van der Waals surface area contributed by atoms with Crippen LogP contribution in [0.15, 0.2) is 48.5 Å². The Balaban J connectivity index is 1.33. The summed E-state index contributed by atoms with van der Waals surface area (Å²) in [6, 6.07) is 12.8. The number of nitrogens with one attached hydrogen (secondary N) is 4. The minimum atomic E-state index is -0.710. The third kappa shape index (κ3) is 18.9. The fourth-order valence-corrected chi connectivity index (χ4v) is 9.86. The number of carbonyl (C=O) groups is 6. The van der Waals surface area contributed by atoms with Crippen molar-refractivity contribution < 1.29 is 28.8 Å². The number of rotatable bonds is 27. The number of benzene rings is 2. The molecule has 6 amide bonds. The first-order chi connectivity index (χ1) is 34.0. The van der Waals surface area contributed by atoms with Crippen molar-refractivity contribution in [2.75, 3.05) is 53.4 Å². The molecule has 0 spiro atoms. The summed E-state index contributed by atoms with van der Waals surface area (Å²) in [5.41, 5.74) is 1.13. The predicted octanol–water partition coefficient (Wildman–Crippen LogP) is 7.82. The van der Waals surface area contributed by atoms with E-state index in [0.717, 1.165) is 75.3 Å². The van der Waals surface area contributed by atoms with Gasteiger partial charge in [-0.2, -0.15) is 0 Å². The van der Waals surface area contributed by atoms with Crippen molar-refractivity contribution >= 4 is 58.6 Å². The highest BCUT2D eigenvalue weighted by Crippen LogP contribution is 2.29. The van der Waals surface area contributed by atoms with E-state index in [1.807, 2.05) is 110 Å². The maximum Gasteiger partial charge on any atom is 0.246 e. The Kier molecular flexibility index (Phi) is 24.3. The lowest BCUT2D eigenvalue weighted by Gasteiger charge is -2.37. The van der Waals surface area contributed by atoms with E-state index in [1.54, 1.807) is 27.9 Å². The molecular formula is C56H88Cl2N8O6. The number of hydrogen-bond donors (Lipinski definition) is 4. The minimum absolute atomic E-state index is 0.0701. The van der Waals surface area contributed by atoms with Gasteiger partial charge < -0.3 is 40.9 Å². The zero-order valence-corrected chi connectivity index (χ0v) is 46.7. The van der Waals surface area contributed by atoms with Crippen LogP contribution in [-0.2, 0) is 41.6 Å². The first-order valence-electron chi connectivity index (χ1n) is 26.6. The lowest BCUT2D eigenvalue weighted by Crippen LogP contribution is -2.59. The number of unbranched alkanes of at least 4 members (excludes halogenated alkanes) is 5. The molecule has 2 heterocycles. The molecule has 0 unspecified atom stereocenters. The highest BCUT2D eigenvalue weighted by Gasteiger charge is 2.42. The molecule has 4 N–H and O–H groups in total. The van der Waals surface area contributed by atoms with Gasteiger partial charge in [-0.15, -0.1) is 0 Å². The highest BCUT2D eigenvalue weighted by molar-refractivity contribution is 6.30. The Morgan fingerprint density at radius 2 is 0.903 bits per heavy atom. The van der Waals surface area contributed by atoms with Gasteiger partial charge in [-0.05, 0) is 126 Å². The number of halogens is 2. The number of carbonyl (C=O) groups excluding carboxylic acids is 6. The number of nitrogens with zero attached hydrogens (tertiary/aromatic N) is 4. The van der Waals surface area contributed by atoms with Crippen molar-refractivity contribution in [3.63, 3.8) is 0 Å². The molecule has 72 heavy (non-hydrogen) atoms. The van der Waals surface area contributed by atoms with Crippen molar-refractivity contribution in [2.45, 2.75) is 182 Å². The molecule has 2 aromatic carbocycles. The lowest BCUT2D eigenvalue weighted by atomic mass is 9.85. The van der Waals surface area contributed by atoms with Crippen molar-refractivity contribution in [2.24, 2.45) is 10.8 Å². The van der Waals surface area contributed by atoms with Crippen molar-refractivity contribution in [3.05, 3.63) is 69.7 Å². The largest absolute Gasteiger partial charge is 0.342 e. The lowest BCUT2D eigenvalue weighted by molar-refractivity contribution is -0.142. The molecule has 2 aliphatic heterocycles. The summed E-state index contributed by atoms with van der Waals surface area (Å²) in [4.78, 5) is 90.1. The summed E-state index contributed by atoms with van der Waals surface area (Å²) in [6.07, 6.45) is 10.5. The van der Waals surface area contributed by atoms with E-state index >= 15 is 0 Å². The quantitative estimate of drug-likeness (QED) is 0.0659. The summed E-state index contributed by atoms with van der Waals surface area (Å²) in [7, 11) is 3.44. The van der Waals surface area contributed by atoms with Crippen molar-refractivity contribution in [1.82, 2.24) is 40.9 Å². The molecule has 2 saturated heterocycles. The summed E-state index contributed by atoms with van der Waals surface area (Å²) in [6.45, 7) is 18.4. The van der Waals surface area contributed by atoms with Gasteiger partial charge in [0.05, 0.1) is 12.1 Å². The fourth-order valence-electron chi connectivity index (χ4n) is 9.61. The second kappa shape index (κ2) is 29.0. The van der Waals surface area contributed by atoms with Crippen LogP contribution in [0.2, 0.25) is 10.0 Å². The molecule has 2 aromatic rings. The zero-order chi connectivity index (χ0) is 53.2. The third-order valence-electron chi connectivity index (χ3n) is 14.5. The molecule has 402 valence electrons. The predicted molar refractivity (Wildman–Crippen MR) is 290 cm³/mol. The summed E-state index contributed by atoms with van der Waals surface area (Å²) >= 11 is 12.4. The van der Waals surface area contributed by atoms with E-state index in [4.69, 9.17) is 23.2 Å². The van der Waals surface area contributed by atoms with E-state index in [-0.39, 0.29) is 47.5 Å². The smallest absolute Gasteiger partial charge is 0.246 e. The molecular weight excluding hydrogens is 952 g/mol. The molecule has 0 bridgehead atoms. The van der Waals surface area contributed by atoms with E-state index in [2.05, 4.69) is 21.3 Å². The number of hydrogen-bond acceptors (Lipinski definition) is 8. The SMILES string of the molecule is CN[C@@H](C)C(=O)N[C@H](C(=O)N1CCC[C@H]1CN(CCc1ccc(Cl)cc1)C(=O)CCCCCCCCC(=O)N(CCc1ccc(Cl)cc1)C[C@@H]1CCCN1C(=O)[C@@H](NC(=O)[C@H](C)NC)C(C)(C)C)C(C)(C)C. The first-order valence-corrected chi connectivity index (χ1v) is 27.4. The average Bonchev–Trinajstić information content (AvgIpc) is 4.02. The van der Waals surface area contributed by atoms with Gasteiger partial charge >= 0.3 is 0 Å². The van der Waals surface area contributed by atoms with Gasteiger partial charge in [0.2, 0.25) is 35.4 Å². The van der Waals surface area contributed by atoms with Crippen LogP contribution >= 0.6 is 23.2 Å². The number of likely N-dealkylation sites (N-methyl/N-ethyl adjacent to an activating group) is 2. The molecule has 2 aliphatic rings. The Bertz CT molecular complexity index is 1910. The van der Waals surface area contributed by atoms with Gasteiger partial charge in [0.1, 0.15) is 12.1 Å². The Labute approximate surface area is 441 Å². The summed E-state index contributed by atoms with van der Waals surface area (Å²) in [5, 5.41) is 13.3. The Morgan fingerprint density at radius 3 is 1.22 bits per heavy atom. The number of likely N-dealkylation sites (tertiary alicyclic amines) is 2. The summed E-state index contributed by atoms with van der Waals surface area (Å²) in [5.74, 6) is -0.537. The van der Waals surface area contributed by atoms with Crippen molar-refractivity contribution in [3.8, 4) is 0 Å². The molecule has 0 radical (unpaired) electrons. The average molecular weight is 1040 g/mol. The minimum Gasteiger partial charge on any atom is -0.342 e. The van der Waals surface area contributed by atoms with Crippen LogP contribution in [0.25, 0.3) is 0 Å². The molecule has 0 aromatic heterocycles. The molecule has 16 heteroatoms.